The predicted molar refractivity (Wildman–Crippen MR) is 86.3 cm³/mol. The molecular weight excluding hydrogens is 244 g/mol. The summed E-state index contributed by atoms with van der Waals surface area (Å²) in [5.74, 6) is 0. The van der Waals surface area contributed by atoms with Crippen molar-refractivity contribution in [1.82, 2.24) is 0 Å². The lowest BCUT2D eigenvalue weighted by Gasteiger charge is -2.22. The molecule has 2 N–H and O–H groups in total. The zero-order valence-corrected chi connectivity index (χ0v) is 12.5. The first-order chi connectivity index (χ1) is 9.54. The number of nitrogens with two attached hydrogens (primary N) is 1. The van der Waals surface area contributed by atoms with E-state index in [0.29, 0.717) is 0 Å². The molecule has 0 spiro atoms. The van der Waals surface area contributed by atoms with E-state index in [-0.39, 0.29) is 0 Å². The van der Waals surface area contributed by atoms with E-state index in [1.807, 2.05) is 6.07 Å². The van der Waals surface area contributed by atoms with Crippen molar-refractivity contribution in [3.63, 3.8) is 0 Å². The first-order valence-corrected chi connectivity index (χ1v) is 7.24. The SMILES string of the molecule is Cc1cc(C)c(CN2CCc3ccc(N)cc32)c(C)c1. The molecule has 0 fully saturated rings. The summed E-state index contributed by atoms with van der Waals surface area (Å²) in [6, 6.07) is 10.8. The highest BCUT2D eigenvalue weighted by Gasteiger charge is 2.20. The van der Waals surface area contributed by atoms with Gasteiger partial charge in [-0.3, -0.25) is 0 Å². The standard InChI is InChI=1S/C18H22N2/c1-12-8-13(2)17(14(3)9-12)11-20-7-6-15-4-5-16(19)10-18(15)20/h4-5,8-10H,6-7,11,19H2,1-3H3. The summed E-state index contributed by atoms with van der Waals surface area (Å²) in [6.45, 7) is 8.66. The maximum Gasteiger partial charge on any atom is 0.0434 e. The molecule has 20 heavy (non-hydrogen) atoms. The largest absolute Gasteiger partial charge is 0.399 e. The van der Waals surface area contributed by atoms with Crippen LogP contribution in [0, 0.1) is 20.8 Å². The normalized spacial score (nSPS) is 13.7. The van der Waals surface area contributed by atoms with E-state index < -0.39 is 0 Å². The fourth-order valence-electron chi connectivity index (χ4n) is 3.28. The number of benzene rings is 2. The minimum absolute atomic E-state index is 0.855. The predicted octanol–water partition coefficient (Wildman–Crippen LogP) is 3.76. The molecular formula is C18H22N2. The Morgan fingerprint density at radius 1 is 1.05 bits per heavy atom. The minimum Gasteiger partial charge on any atom is -0.399 e. The van der Waals surface area contributed by atoms with Crippen LogP contribution in [0.4, 0.5) is 11.4 Å². The summed E-state index contributed by atoms with van der Waals surface area (Å²) in [6.07, 6.45) is 1.12. The molecule has 0 atom stereocenters. The number of anilines is 2. The van der Waals surface area contributed by atoms with E-state index in [4.69, 9.17) is 5.73 Å². The summed E-state index contributed by atoms with van der Waals surface area (Å²) in [7, 11) is 0. The Morgan fingerprint density at radius 2 is 1.75 bits per heavy atom. The Kier molecular flexibility index (Phi) is 3.17. The molecule has 2 aromatic carbocycles. The summed E-state index contributed by atoms with van der Waals surface area (Å²) >= 11 is 0. The number of fused-ring (bicyclic) bond motifs is 1. The van der Waals surface area contributed by atoms with Crippen molar-refractivity contribution in [3.8, 4) is 0 Å². The third-order valence-corrected chi connectivity index (χ3v) is 4.29. The second-order valence-corrected chi connectivity index (χ2v) is 5.94. The van der Waals surface area contributed by atoms with Crippen LogP contribution in [0.2, 0.25) is 0 Å². The molecule has 0 aromatic heterocycles. The lowest BCUT2D eigenvalue weighted by Crippen LogP contribution is -2.21. The number of aryl methyl sites for hydroxylation is 3. The number of nitrogen functional groups attached to an aromatic ring is 1. The van der Waals surface area contributed by atoms with Gasteiger partial charge in [-0.2, -0.15) is 0 Å². The molecule has 104 valence electrons. The topological polar surface area (TPSA) is 29.3 Å². The maximum absolute atomic E-state index is 5.94. The Labute approximate surface area is 121 Å². The average Bonchev–Trinajstić information content (AvgIpc) is 2.76. The van der Waals surface area contributed by atoms with Crippen LogP contribution in [0.15, 0.2) is 30.3 Å². The van der Waals surface area contributed by atoms with Crippen molar-refractivity contribution in [3.05, 3.63) is 58.1 Å². The summed E-state index contributed by atoms with van der Waals surface area (Å²) < 4.78 is 0. The Hall–Kier alpha value is -1.96. The zero-order valence-electron chi connectivity index (χ0n) is 12.5. The third kappa shape index (κ3) is 2.26. The van der Waals surface area contributed by atoms with Gasteiger partial charge in [0.2, 0.25) is 0 Å². The monoisotopic (exact) mass is 266 g/mol. The number of hydrogen-bond acceptors (Lipinski definition) is 2. The van der Waals surface area contributed by atoms with E-state index in [1.165, 1.54) is 33.5 Å². The molecule has 0 bridgehead atoms. The van der Waals surface area contributed by atoms with Crippen LogP contribution in [0.25, 0.3) is 0 Å². The lowest BCUT2D eigenvalue weighted by molar-refractivity contribution is 0.826. The molecule has 2 aromatic rings. The van der Waals surface area contributed by atoms with E-state index in [1.54, 1.807) is 0 Å². The highest BCUT2D eigenvalue weighted by molar-refractivity contribution is 5.64. The van der Waals surface area contributed by atoms with Gasteiger partial charge in [0, 0.05) is 24.5 Å². The fraction of sp³-hybridized carbons (Fsp3) is 0.333. The number of hydrogen-bond donors (Lipinski definition) is 1. The molecule has 0 saturated carbocycles. The molecule has 0 aliphatic carbocycles. The lowest BCUT2D eigenvalue weighted by atomic mass is 9.99. The Morgan fingerprint density at radius 3 is 2.45 bits per heavy atom. The summed E-state index contributed by atoms with van der Waals surface area (Å²) in [4.78, 5) is 2.45. The maximum atomic E-state index is 5.94. The van der Waals surface area contributed by atoms with Gasteiger partial charge in [-0.05, 0) is 61.6 Å². The van der Waals surface area contributed by atoms with E-state index >= 15 is 0 Å². The third-order valence-electron chi connectivity index (χ3n) is 4.29. The van der Waals surface area contributed by atoms with E-state index in [0.717, 1.165) is 25.2 Å². The first-order valence-electron chi connectivity index (χ1n) is 7.24. The minimum atomic E-state index is 0.855. The van der Waals surface area contributed by atoms with Gasteiger partial charge in [0.05, 0.1) is 0 Å². The average molecular weight is 266 g/mol. The molecule has 2 nitrogen and oxygen atoms in total. The van der Waals surface area contributed by atoms with Crippen molar-refractivity contribution in [1.29, 1.82) is 0 Å². The van der Waals surface area contributed by atoms with Gasteiger partial charge in [0.1, 0.15) is 0 Å². The first kappa shape index (κ1) is 13.0. The van der Waals surface area contributed by atoms with Gasteiger partial charge in [0.25, 0.3) is 0 Å². The molecule has 1 heterocycles. The van der Waals surface area contributed by atoms with Gasteiger partial charge >= 0.3 is 0 Å². The second-order valence-electron chi connectivity index (χ2n) is 5.94. The van der Waals surface area contributed by atoms with Crippen LogP contribution in [-0.2, 0) is 13.0 Å². The van der Waals surface area contributed by atoms with Crippen LogP contribution in [0.3, 0.4) is 0 Å². The fourth-order valence-corrected chi connectivity index (χ4v) is 3.28. The van der Waals surface area contributed by atoms with E-state index in [2.05, 4.69) is 49.9 Å². The van der Waals surface area contributed by atoms with Crippen LogP contribution >= 0.6 is 0 Å². The van der Waals surface area contributed by atoms with Crippen LogP contribution in [0.1, 0.15) is 27.8 Å². The Bertz CT molecular complexity index is 635. The molecule has 1 aliphatic rings. The van der Waals surface area contributed by atoms with Gasteiger partial charge in [-0.15, -0.1) is 0 Å². The van der Waals surface area contributed by atoms with Crippen LogP contribution < -0.4 is 10.6 Å². The number of nitrogens with zero attached hydrogens (tertiary/aromatic N) is 1. The van der Waals surface area contributed by atoms with Gasteiger partial charge in [-0.1, -0.05) is 23.8 Å². The van der Waals surface area contributed by atoms with Crippen molar-refractivity contribution >= 4 is 11.4 Å². The van der Waals surface area contributed by atoms with Crippen molar-refractivity contribution < 1.29 is 0 Å². The van der Waals surface area contributed by atoms with Crippen molar-refractivity contribution in [2.45, 2.75) is 33.7 Å². The highest BCUT2D eigenvalue weighted by Crippen LogP contribution is 2.32. The second kappa shape index (κ2) is 4.86. The van der Waals surface area contributed by atoms with Crippen molar-refractivity contribution in [2.24, 2.45) is 0 Å². The van der Waals surface area contributed by atoms with Crippen molar-refractivity contribution in [2.75, 3.05) is 17.2 Å². The molecule has 0 unspecified atom stereocenters. The highest BCUT2D eigenvalue weighted by atomic mass is 15.1. The quantitative estimate of drug-likeness (QED) is 0.839. The molecule has 2 heteroatoms. The summed E-state index contributed by atoms with van der Waals surface area (Å²) in [5.41, 5.74) is 15.1. The van der Waals surface area contributed by atoms with Crippen LogP contribution in [-0.4, -0.2) is 6.54 Å². The van der Waals surface area contributed by atoms with Crippen LogP contribution in [0.5, 0.6) is 0 Å². The van der Waals surface area contributed by atoms with Gasteiger partial charge in [0.15, 0.2) is 0 Å². The zero-order chi connectivity index (χ0) is 14.3. The smallest absolute Gasteiger partial charge is 0.0434 e. The van der Waals surface area contributed by atoms with E-state index in [9.17, 15) is 0 Å². The molecule has 0 amide bonds. The molecule has 3 rings (SSSR count). The molecule has 0 saturated heterocycles. The van der Waals surface area contributed by atoms with Gasteiger partial charge < -0.3 is 10.6 Å². The Balaban J connectivity index is 1.93. The van der Waals surface area contributed by atoms with Gasteiger partial charge in [-0.25, -0.2) is 0 Å². The summed E-state index contributed by atoms with van der Waals surface area (Å²) in [5, 5.41) is 0. The molecule has 1 aliphatic heterocycles. The number of rotatable bonds is 2. The molecule has 0 radical (unpaired) electrons.